The molecule has 18 heavy (non-hydrogen) atoms. The van der Waals surface area contributed by atoms with Crippen LogP contribution in [0.3, 0.4) is 0 Å². The first-order valence-corrected chi connectivity index (χ1v) is 5.32. The molecule has 0 aliphatic carbocycles. The second-order valence-electron chi connectivity index (χ2n) is 3.39. The standard InChI is InChI=1S/C10H9ClN4O3/c1-18-8-3-2-6(11)4-7(8)15-9(5-10(16)17)12-13-14-15/h2-4H,5H2,1H3,(H,16,17). The highest BCUT2D eigenvalue weighted by molar-refractivity contribution is 6.30. The summed E-state index contributed by atoms with van der Waals surface area (Å²) >= 11 is 5.89. The van der Waals surface area contributed by atoms with Gasteiger partial charge in [-0.2, -0.15) is 4.68 Å². The van der Waals surface area contributed by atoms with Crippen LogP contribution in [0, 0.1) is 0 Å². The summed E-state index contributed by atoms with van der Waals surface area (Å²) in [5, 5.41) is 20.1. The molecule has 0 atom stereocenters. The van der Waals surface area contributed by atoms with Gasteiger partial charge in [0.1, 0.15) is 17.9 Å². The molecular weight excluding hydrogens is 260 g/mol. The lowest BCUT2D eigenvalue weighted by atomic mass is 10.3. The van der Waals surface area contributed by atoms with E-state index in [2.05, 4.69) is 15.5 Å². The van der Waals surface area contributed by atoms with E-state index in [-0.39, 0.29) is 12.2 Å². The number of ether oxygens (including phenoxy) is 1. The van der Waals surface area contributed by atoms with Crippen molar-refractivity contribution in [1.29, 1.82) is 0 Å². The second kappa shape index (κ2) is 5.01. The maximum atomic E-state index is 10.7. The number of benzene rings is 1. The van der Waals surface area contributed by atoms with E-state index in [1.165, 1.54) is 11.8 Å². The van der Waals surface area contributed by atoms with Crippen LogP contribution in [0.5, 0.6) is 5.75 Å². The van der Waals surface area contributed by atoms with Crippen LogP contribution < -0.4 is 4.74 Å². The molecule has 0 saturated carbocycles. The number of nitrogens with zero attached hydrogens (tertiary/aromatic N) is 4. The Morgan fingerprint density at radius 3 is 3.00 bits per heavy atom. The Hall–Kier alpha value is -2.15. The van der Waals surface area contributed by atoms with Gasteiger partial charge in [0.2, 0.25) is 0 Å². The Morgan fingerprint density at radius 2 is 2.33 bits per heavy atom. The van der Waals surface area contributed by atoms with Crippen molar-refractivity contribution in [2.45, 2.75) is 6.42 Å². The molecule has 0 bridgehead atoms. The SMILES string of the molecule is COc1ccc(Cl)cc1-n1nnnc1CC(=O)O. The lowest BCUT2D eigenvalue weighted by molar-refractivity contribution is -0.136. The van der Waals surface area contributed by atoms with Gasteiger partial charge in [-0.05, 0) is 28.6 Å². The number of halogens is 1. The fourth-order valence-electron chi connectivity index (χ4n) is 1.47. The third-order valence-electron chi connectivity index (χ3n) is 2.21. The molecular formula is C10H9ClN4O3. The minimum atomic E-state index is -1.02. The van der Waals surface area contributed by atoms with Gasteiger partial charge < -0.3 is 9.84 Å². The quantitative estimate of drug-likeness (QED) is 0.888. The van der Waals surface area contributed by atoms with Crippen molar-refractivity contribution in [1.82, 2.24) is 20.2 Å². The maximum absolute atomic E-state index is 10.7. The van der Waals surface area contributed by atoms with Crippen LogP contribution in [0.15, 0.2) is 18.2 Å². The molecule has 2 aromatic rings. The smallest absolute Gasteiger partial charge is 0.311 e. The topological polar surface area (TPSA) is 90.1 Å². The van der Waals surface area contributed by atoms with Crippen LogP contribution >= 0.6 is 11.6 Å². The molecule has 1 aromatic carbocycles. The average molecular weight is 269 g/mol. The molecule has 8 heteroatoms. The van der Waals surface area contributed by atoms with Gasteiger partial charge in [-0.1, -0.05) is 11.6 Å². The minimum absolute atomic E-state index is 0.197. The molecule has 0 unspecified atom stereocenters. The van der Waals surface area contributed by atoms with Gasteiger partial charge >= 0.3 is 5.97 Å². The molecule has 0 fully saturated rings. The summed E-state index contributed by atoms with van der Waals surface area (Å²) in [5.41, 5.74) is 0.492. The summed E-state index contributed by atoms with van der Waals surface area (Å²) in [7, 11) is 1.49. The Morgan fingerprint density at radius 1 is 1.56 bits per heavy atom. The zero-order valence-electron chi connectivity index (χ0n) is 9.37. The predicted octanol–water partition coefficient (Wildman–Crippen LogP) is 0.951. The summed E-state index contributed by atoms with van der Waals surface area (Å²) in [6.45, 7) is 0. The van der Waals surface area contributed by atoms with Gasteiger partial charge in [0.15, 0.2) is 5.82 Å². The summed E-state index contributed by atoms with van der Waals surface area (Å²) < 4.78 is 6.45. The van der Waals surface area contributed by atoms with Crippen LogP contribution in [-0.4, -0.2) is 38.4 Å². The van der Waals surface area contributed by atoms with Gasteiger partial charge in [-0.25, -0.2) is 0 Å². The van der Waals surface area contributed by atoms with Crippen molar-refractivity contribution < 1.29 is 14.6 Å². The monoisotopic (exact) mass is 268 g/mol. The average Bonchev–Trinajstić information content (AvgIpc) is 2.76. The Bertz CT molecular complexity index is 584. The highest BCUT2D eigenvalue weighted by Gasteiger charge is 2.15. The molecule has 2 rings (SSSR count). The first kappa shape index (κ1) is 12.3. The number of hydrogen-bond acceptors (Lipinski definition) is 5. The number of rotatable bonds is 4. The molecule has 1 N–H and O–H groups in total. The number of carboxylic acids is 1. The Balaban J connectivity index is 2.51. The summed E-state index contributed by atoms with van der Waals surface area (Å²) in [4.78, 5) is 10.7. The number of carbonyl (C=O) groups is 1. The second-order valence-corrected chi connectivity index (χ2v) is 3.83. The van der Waals surface area contributed by atoms with Crippen LogP contribution in [0.1, 0.15) is 5.82 Å². The van der Waals surface area contributed by atoms with Crippen molar-refractivity contribution in [2.75, 3.05) is 7.11 Å². The molecule has 94 valence electrons. The molecule has 0 spiro atoms. The van der Waals surface area contributed by atoms with E-state index in [9.17, 15) is 4.79 Å². The van der Waals surface area contributed by atoms with Crippen LogP contribution in [0.25, 0.3) is 5.69 Å². The van der Waals surface area contributed by atoms with Crippen molar-refractivity contribution in [3.8, 4) is 11.4 Å². The Labute approximate surface area is 107 Å². The van der Waals surface area contributed by atoms with Crippen LogP contribution in [0.4, 0.5) is 0 Å². The number of carboxylic acid groups (broad SMARTS) is 1. The van der Waals surface area contributed by atoms with E-state index in [4.69, 9.17) is 21.4 Å². The fourth-order valence-corrected chi connectivity index (χ4v) is 1.63. The first-order chi connectivity index (χ1) is 8.61. The highest BCUT2D eigenvalue weighted by atomic mass is 35.5. The third kappa shape index (κ3) is 2.40. The normalized spacial score (nSPS) is 10.3. The third-order valence-corrected chi connectivity index (χ3v) is 2.45. The highest BCUT2D eigenvalue weighted by Crippen LogP contribution is 2.26. The number of hydrogen-bond donors (Lipinski definition) is 1. The molecule has 0 aliphatic rings. The van der Waals surface area contributed by atoms with E-state index in [0.29, 0.717) is 16.5 Å². The molecule has 0 aliphatic heterocycles. The Kier molecular flexibility index (Phi) is 3.42. The van der Waals surface area contributed by atoms with Crippen molar-refractivity contribution in [3.05, 3.63) is 29.0 Å². The van der Waals surface area contributed by atoms with Gasteiger partial charge in [-0.15, -0.1) is 5.10 Å². The predicted molar refractivity (Wildman–Crippen MR) is 62.1 cm³/mol. The largest absolute Gasteiger partial charge is 0.494 e. The lowest BCUT2D eigenvalue weighted by Gasteiger charge is -2.09. The van der Waals surface area contributed by atoms with Crippen molar-refractivity contribution in [2.24, 2.45) is 0 Å². The molecule has 7 nitrogen and oxygen atoms in total. The van der Waals surface area contributed by atoms with Gasteiger partial charge in [-0.3, -0.25) is 4.79 Å². The molecule has 0 radical (unpaired) electrons. The van der Waals surface area contributed by atoms with Crippen LogP contribution in [-0.2, 0) is 11.2 Å². The van der Waals surface area contributed by atoms with E-state index >= 15 is 0 Å². The molecule has 0 saturated heterocycles. The zero-order valence-corrected chi connectivity index (χ0v) is 10.1. The summed E-state index contributed by atoms with van der Waals surface area (Å²) in [6, 6.07) is 4.91. The maximum Gasteiger partial charge on any atom is 0.311 e. The first-order valence-electron chi connectivity index (χ1n) is 4.95. The van der Waals surface area contributed by atoms with E-state index in [1.807, 2.05) is 0 Å². The van der Waals surface area contributed by atoms with Gasteiger partial charge in [0, 0.05) is 5.02 Å². The zero-order chi connectivity index (χ0) is 13.1. The molecule has 1 aromatic heterocycles. The number of aliphatic carboxylic acids is 1. The number of aromatic nitrogens is 4. The summed E-state index contributed by atoms with van der Waals surface area (Å²) in [6.07, 6.45) is -0.289. The van der Waals surface area contributed by atoms with Gasteiger partial charge in [0.25, 0.3) is 0 Å². The minimum Gasteiger partial charge on any atom is -0.494 e. The summed E-state index contributed by atoms with van der Waals surface area (Å²) in [5.74, 6) is -0.326. The van der Waals surface area contributed by atoms with Gasteiger partial charge in [0.05, 0.1) is 7.11 Å². The number of methoxy groups -OCH3 is 1. The van der Waals surface area contributed by atoms with E-state index < -0.39 is 5.97 Å². The number of tetrazole rings is 1. The molecule has 0 amide bonds. The van der Waals surface area contributed by atoms with Crippen molar-refractivity contribution in [3.63, 3.8) is 0 Å². The van der Waals surface area contributed by atoms with Crippen LogP contribution in [0.2, 0.25) is 5.02 Å². The van der Waals surface area contributed by atoms with E-state index in [0.717, 1.165) is 0 Å². The molecule has 1 heterocycles. The van der Waals surface area contributed by atoms with E-state index in [1.54, 1.807) is 18.2 Å². The lowest BCUT2D eigenvalue weighted by Crippen LogP contribution is -2.10. The fraction of sp³-hybridized carbons (Fsp3) is 0.200. The van der Waals surface area contributed by atoms with Crippen molar-refractivity contribution >= 4 is 17.6 Å².